The molecule has 2 rings (SSSR count). The molecule has 2 amide bonds. The van der Waals surface area contributed by atoms with Crippen LogP contribution in [0, 0.1) is 0 Å². The van der Waals surface area contributed by atoms with Crippen LogP contribution in [0.15, 0.2) is 22.9 Å². The van der Waals surface area contributed by atoms with Crippen molar-refractivity contribution in [3.8, 4) is 0 Å². The van der Waals surface area contributed by atoms with Crippen molar-refractivity contribution in [1.82, 2.24) is 15.6 Å². The van der Waals surface area contributed by atoms with Gasteiger partial charge in [-0.25, -0.2) is 4.98 Å². The lowest BCUT2D eigenvalue weighted by Crippen LogP contribution is -2.45. The molecular weight excluding hydrogens is 298 g/mol. The molecule has 5 nitrogen and oxygen atoms in total. The first-order valence-corrected chi connectivity index (χ1v) is 6.58. The third-order valence-electron chi connectivity index (χ3n) is 2.65. The Labute approximate surface area is 113 Å². The average Bonchev–Trinajstić information content (AvgIpc) is 3.13. The summed E-state index contributed by atoms with van der Waals surface area (Å²) in [4.78, 5) is 27.5. The van der Waals surface area contributed by atoms with Crippen LogP contribution in [0.5, 0.6) is 0 Å². The van der Waals surface area contributed by atoms with Gasteiger partial charge in [-0.05, 0) is 47.8 Å². The molecule has 1 aromatic rings. The Balaban J connectivity index is 1.89. The minimum absolute atomic E-state index is 0.143. The van der Waals surface area contributed by atoms with Crippen molar-refractivity contribution < 1.29 is 9.59 Å². The predicted molar refractivity (Wildman–Crippen MR) is 70.0 cm³/mol. The third-order valence-corrected chi connectivity index (χ3v) is 3.12. The molecule has 2 N–H and O–H groups in total. The fraction of sp³-hybridized carbons (Fsp3) is 0.417. The number of carbonyl (C=O) groups is 2. The number of nitrogens with one attached hydrogen (secondary N) is 2. The van der Waals surface area contributed by atoms with Crippen molar-refractivity contribution in [2.45, 2.75) is 31.8 Å². The van der Waals surface area contributed by atoms with Crippen molar-refractivity contribution in [3.63, 3.8) is 0 Å². The minimum atomic E-state index is -0.540. The zero-order valence-electron chi connectivity index (χ0n) is 9.94. The monoisotopic (exact) mass is 311 g/mol. The van der Waals surface area contributed by atoms with Crippen molar-refractivity contribution in [1.29, 1.82) is 0 Å². The topological polar surface area (TPSA) is 71.1 Å². The first kappa shape index (κ1) is 13.0. The second-order valence-corrected chi connectivity index (χ2v) is 5.16. The number of rotatable bonds is 4. The molecule has 1 aliphatic carbocycles. The van der Waals surface area contributed by atoms with Crippen LogP contribution in [0.1, 0.15) is 30.1 Å². The van der Waals surface area contributed by atoms with E-state index in [1.54, 1.807) is 19.1 Å². The van der Waals surface area contributed by atoms with Gasteiger partial charge in [0, 0.05) is 12.2 Å². The smallest absolute Gasteiger partial charge is 0.253 e. The normalized spacial score (nSPS) is 15.9. The summed E-state index contributed by atoms with van der Waals surface area (Å²) in [6, 6.07) is 3.09. The molecule has 18 heavy (non-hydrogen) atoms. The fourth-order valence-corrected chi connectivity index (χ4v) is 1.64. The van der Waals surface area contributed by atoms with E-state index in [1.807, 2.05) is 0 Å². The van der Waals surface area contributed by atoms with Crippen LogP contribution >= 0.6 is 15.9 Å². The van der Waals surface area contributed by atoms with E-state index in [0.29, 0.717) is 16.2 Å². The largest absolute Gasteiger partial charge is 0.352 e. The summed E-state index contributed by atoms with van der Waals surface area (Å²) < 4.78 is 0.665. The van der Waals surface area contributed by atoms with E-state index in [-0.39, 0.29) is 11.8 Å². The average molecular weight is 312 g/mol. The van der Waals surface area contributed by atoms with E-state index < -0.39 is 6.04 Å². The van der Waals surface area contributed by atoms with Gasteiger partial charge in [-0.3, -0.25) is 9.59 Å². The number of hydrogen-bond acceptors (Lipinski definition) is 3. The van der Waals surface area contributed by atoms with Crippen molar-refractivity contribution >= 4 is 27.7 Å². The lowest BCUT2D eigenvalue weighted by atomic mass is 10.2. The van der Waals surface area contributed by atoms with Gasteiger partial charge in [0.05, 0.1) is 5.56 Å². The van der Waals surface area contributed by atoms with E-state index in [9.17, 15) is 9.59 Å². The number of carbonyl (C=O) groups excluding carboxylic acids is 2. The number of halogens is 1. The molecule has 1 aromatic heterocycles. The zero-order valence-corrected chi connectivity index (χ0v) is 11.5. The van der Waals surface area contributed by atoms with Gasteiger partial charge in [0.15, 0.2) is 0 Å². The van der Waals surface area contributed by atoms with Crippen LogP contribution in [-0.2, 0) is 4.79 Å². The second-order valence-electron chi connectivity index (χ2n) is 4.35. The zero-order chi connectivity index (χ0) is 13.1. The van der Waals surface area contributed by atoms with Gasteiger partial charge in [-0.1, -0.05) is 0 Å². The quantitative estimate of drug-likeness (QED) is 0.822. The van der Waals surface area contributed by atoms with Crippen molar-refractivity contribution in [3.05, 3.63) is 28.5 Å². The maximum absolute atomic E-state index is 11.8. The molecule has 6 heteroatoms. The molecule has 1 saturated carbocycles. The molecule has 1 atom stereocenters. The second kappa shape index (κ2) is 5.48. The van der Waals surface area contributed by atoms with E-state index in [2.05, 4.69) is 31.5 Å². The highest BCUT2D eigenvalue weighted by molar-refractivity contribution is 9.10. The lowest BCUT2D eigenvalue weighted by molar-refractivity contribution is -0.122. The standard InChI is InChI=1S/C12H14BrN3O2/c1-7(11(17)16-9-3-4-9)15-12(18)8-2-5-10(13)14-6-8/h2,5-7,9H,3-4H2,1H3,(H,15,18)(H,16,17). The van der Waals surface area contributed by atoms with Gasteiger partial charge in [0.25, 0.3) is 5.91 Å². The summed E-state index contributed by atoms with van der Waals surface area (Å²) in [7, 11) is 0. The number of aromatic nitrogens is 1. The van der Waals surface area contributed by atoms with Gasteiger partial charge in [0.2, 0.25) is 5.91 Å². The summed E-state index contributed by atoms with van der Waals surface area (Å²) in [5, 5.41) is 5.49. The predicted octanol–water partition coefficient (Wildman–Crippen LogP) is 1.24. The first-order chi connectivity index (χ1) is 8.56. The Morgan fingerprint density at radius 1 is 1.44 bits per heavy atom. The van der Waals surface area contributed by atoms with Crippen LogP contribution in [-0.4, -0.2) is 28.9 Å². The highest BCUT2D eigenvalue weighted by atomic mass is 79.9. The maximum atomic E-state index is 11.8. The van der Waals surface area contributed by atoms with Gasteiger partial charge < -0.3 is 10.6 Å². The van der Waals surface area contributed by atoms with Crippen molar-refractivity contribution in [2.75, 3.05) is 0 Å². The Kier molecular flexibility index (Phi) is 3.96. The highest BCUT2D eigenvalue weighted by Crippen LogP contribution is 2.18. The van der Waals surface area contributed by atoms with Gasteiger partial charge >= 0.3 is 0 Å². The Morgan fingerprint density at radius 2 is 2.17 bits per heavy atom. The SMILES string of the molecule is CC(NC(=O)c1ccc(Br)nc1)C(=O)NC1CC1. The molecule has 0 spiro atoms. The molecule has 1 aliphatic rings. The molecule has 0 saturated heterocycles. The Bertz CT molecular complexity index is 457. The van der Waals surface area contributed by atoms with Crippen LogP contribution in [0.3, 0.4) is 0 Å². The Morgan fingerprint density at radius 3 is 2.72 bits per heavy atom. The van der Waals surface area contributed by atoms with Crippen molar-refractivity contribution in [2.24, 2.45) is 0 Å². The fourth-order valence-electron chi connectivity index (χ4n) is 1.41. The molecule has 0 aromatic carbocycles. The molecule has 0 aliphatic heterocycles. The molecule has 0 bridgehead atoms. The minimum Gasteiger partial charge on any atom is -0.352 e. The maximum Gasteiger partial charge on any atom is 0.253 e. The number of nitrogens with zero attached hydrogens (tertiary/aromatic N) is 1. The highest BCUT2D eigenvalue weighted by Gasteiger charge is 2.26. The summed E-state index contributed by atoms with van der Waals surface area (Å²) in [6.45, 7) is 1.67. The first-order valence-electron chi connectivity index (χ1n) is 5.79. The van der Waals surface area contributed by atoms with Crippen LogP contribution < -0.4 is 10.6 Å². The van der Waals surface area contributed by atoms with E-state index in [4.69, 9.17) is 0 Å². The van der Waals surface area contributed by atoms with Crippen LogP contribution in [0.25, 0.3) is 0 Å². The summed E-state index contributed by atoms with van der Waals surface area (Å²) in [6.07, 6.45) is 3.52. The molecule has 0 radical (unpaired) electrons. The van der Waals surface area contributed by atoms with E-state index in [0.717, 1.165) is 12.8 Å². The van der Waals surface area contributed by atoms with Crippen LogP contribution in [0.2, 0.25) is 0 Å². The van der Waals surface area contributed by atoms with Gasteiger partial charge in [-0.2, -0.15) is 0 Å². The summed E-state index contributed by atoms with van der Waals surface area (Å²) >= 11 is 3.20. The van der Waals surface area contributed by atoms with Crippen LogP contribution in [0.4, 0.5) is 0 Å². The molecule has 1 unspecified atom stereocenters. The van der Waals surface area contributed by atoms with Gasteiger partial charge in [-0.15, -0.1) is 0 Å². The number of amides is 2. The molecular formula is C12H14BrN3O2. The van der Waals surface area contributed by atoms with E-state index in [1.165, 1.54) is 6.20 Å². The summed E-state index contributed by atoms with van der Waals surface area (Å²) in [5.41, 5.74) is 0.435. The third kappa shape index (κ3) is 3.53. The van der Waals surface area contributed by atoms with Gasteiger partial charge in [0.1, 0.15) is 10.6 Å². The molecule has 96 valence electrons. The summed E-state index contributed by atoms with van der Waals surface area (Å²) in [5.74, 6) is -0.440. The number of pyridine rings is 1. The van der Waals surface area contributed by atoms with E-state index >= 15 is 0 Å². The molecule has 1 heterocycles. The molecule has 1 fully saturated rings. The lowest BCUT2D eigenvalue weighted by Gasteiger charge is -2.13. The number of hydrogen-bond donors (Lipinski definition) is 2. The Hall–Kier alpha value is -1.43.